The van der Waals surface area contributed by atoms with Gasteiger partial charge in [0.25, 0.3) is 5.91 Å². The lowest BCUT2D eigenvalue weighted by Gasteiger charge is -2.38. The number of amides is 2. The Kier molecular flexibility index (Phi) is 6.27. The van der Waals surface area contributed by atoms with Crippen LogP contribution in [0.1, 0.15) is 36.0 Å². The molecule has 3 fully saturated rings. The van der Waals surface area contributed by atoms with Gasteiger partial charge in [0.15, 0.2) is 0 Å². The molecular weight excluding hydrogens is 354 g/mol. The Hall–Kier alpha value is -1.92. The van der Waals surface area contributed by atoms with E-state index in [1.165, 1.54) is 32.2 Å². The molecule has 152 valence electrons. The number of ether oxygens (including phenoxy) is 1. The highest BCUT2D eigenvalue weighted by Gasteiger charge is 2.31. The third kappa shape index (κ3) is 5.32. The van der Waals surface area contributed by atoms with Crippen molar-refractivity contribution < 1.29 is 14.3 Å². The molecule has 1 aliphatic carbocycles. The van der Waals surface area contributed by atoms with Crippen LogP contribution in [0.2, 0.25) is 0 Å². The summed E-state index contributed by atoms with van der Waals surface area (Å²) in [5, 5.41) is 2.93. The molecule has 1 N–H and O–H groups in total. The first-order valence-electron chi connectivity index (χ1n) is 10.6. The summed E-state index contributed by atoms with van der Waals surface area (Å²) in [6.07, 6.45) is 5.02. The van der Waals surface area contributed by atoms with Crippen LogP contribution in [-0.2, 0) is 9.53 Å². The van der Waals surface area contributed by atoms with Crippen molar-refractivity contribution in [3.63, 3.8) is 0 Å². The number of morpholine rings is 1. The Labute approximate surface area is 167 Å². The van der Waals surface area contributed by atoms with Crippen LogP contribution in [0.4, 0.5) is 0 Å². The number of nitrogens with zero attached hydrogens (tertiary/aromatic N) is 2. The van der Waals surface area contributed by atoms with Crippen LogP contribution in [-0.4, -0.2) is 73.6 Å². The van der Waals surface area contributed by atoms with Crippen LogP contribution in [0, 0.1) is 11.8 Å². The fourth-order valence-corrected chi connectivity index (χ4v) is 4.21. The highest BCUT2D eigenvalue weighted by atomic mass is 16.5. The summed E-state index contributed by atoms with van der Waals surface area (Å²) in [4.78, 5) is 29.0. The summed E-state index contributed by atoms with van der Waals surface area (Å²) in [6, 6.07) is 9.18. The Bertz CT molecular complexity index is 669. The number of hydrogen-bond acceptors (Lipinski definition) is 4. The SMILES string of the molecule is O=C(NCC1CN(CC2CCN(CC3CC3)CC2)C(=O)CO1)c1ccccc1. The van der Waals surface area contributed by atoms with Crippen LogP contribution in [0.5, 0.6) is 0 Å². The zero-order valence-electron chi connectivity index (χ0n) is 16.5. The fourth-order valence-electron chi connectivity index (χ4n) is 4.21. The van der Waals surface area contributed by atoms with Gasteiger partial charge in [-0.15, -0.1) is 0 Å². The maximum atomic E-state index is 12.3. The van der Waals surface area contributed by atoms with Gasteiger partial charge in [0.2, 0.25) is 5.91 Å². The molecule has 2 saturated heterocycles. The van der Waals surface area contributed by atoms with Gasteiger partial charge >= 0.3 is 0 Å². The lowest BCUT2D eigenvalue weighted by Crippen LogP contribution is -2.52. The highest BCUT2D eigenvalue weighted by molar-refractivity contribution is 5.94. The summed E-state index contributed by atoms with van der Waals surface area (Å²) >= 11 is 0. The largest absolute Gasteiger partial charge is 0.365 e. The molecule has 0 aromatic heterocycles. The van der Waals surface area contributed by atoms with Crippen LogP contribution in [0.3, 0.4) is 0 Å². The summed E-state index contributed by atoms with van der Waals surface area (Å²) < 4.78 is 5.65. The van der Waals surface area contributed by atoms with E-state index in [1.54, 1.807) is 12.1 Å². The molecule has 1 unspecified atom stereocenters. The Morgan fingerprint density at radius 3 is 2.46 bits per heavy atom. The van der Waals surface area contributed by atoms with Gasteiger partial charge in [-0.1, -0.05) is 18.2 Å². The van der Waals surface area contributed by atoms with Gasteiger partial charge in [-0.3, -0.25) is 9.59 Å². The Balaban J connectivity index is 1.21. The second-order valence-electron chi connectivity index (χ2n) is 8.50. The zero-order valence-corrected chi connectivity index (χ0v) is 16.5. The highest BCUT2D eigenvalue weighted by Crippen LogP contribution is 2.31. The number of carbonyl (C=O) groups is 2. The van der Waals surface area contributed by atoms with Gasteiger partial charge in [-0.05, 0) is 62.7 Å². The lowest BCUT2D eigenvalue weighted by atomic mass is 9.95. The molecule has 4 rings (SSSR count). The molecule has 0 bridgehead atoms. The minimum atomic E-state index is -0.139. The summed E-state index contributed by atoms with van der Waals surface area (Å²) in [7, 11) is 0. The van der Waals surface area contributed by atoms with E-state index in [2.05, 4.69) is 10.2 Å². The third-order valence-corrected chi connectivity index (χ3v) is 6.14. The molecule has 28 heavy (non-hydrogen) atoms. The van der Waals surface area contributed by atoms with Gasteiger partial charge in [0.1, 0.15) is 6.61 Å². The van der Waals surface area contributed by atoms with Crippen LogP contribution < -0.4 is 5.32 Å². The first kappa shape index (κ1) is 19.4. The van der Waals surface area contributed by atoms with Gasteiger partial charge in [0.05, 0.1) is 6.10 Å². The van der Waals surface area contributed by atoms with Crippen LogP contribution in [0.15, 0.2) is 30.3 Å². The molecule has 0 spiro atoms. The van der Waals surface area contributed by atoms with E-state index in [4.69, 9.17) is 4.74 Å². The Morgan fingerprint density at radius 1 is 1.04 bits per heavy atom. The molecule has 2 aliphatic heterocycles. The third-order valence-electron chi connectivity index (χ3n) is 6.14. The molecule has 1 aromatic rings. The van der Waals surface area contributed by atoms with Gasteiger partial charge in [0, 0.05) is 31.7 Å². The predicted molar refractivity (Wildman–Crippen MR) is 107 cm³/mol. The molecule has 1 saturated carbocycles. The normalized spacial score (nSPS) is 24.4. The number of carbonyl (C=O) groups excluding carboxylic acids is 2. The van der Waals surface area contributed by atoms with Crippen molar-refractivity contribution in [2.45, 2.75) is 31.8 Å². The van der Waals surface area contributed by atoms with Crippen LogP contribution >= 0.6 is 0 Å². The number of rotatable bonds is 7. The molecular formula is C22H31N3O3. The van der Waals surface area contributed by atoms with E-state index in [1.807, 2.05) is 23.1 Å². The van der Waals surface area contributed by atoms with Crippen molar-refractivity contribution in [2.24, 2.45) is 11.8 Å². The number of piperidine rings is 1. The topological polar surface area (TPSA) is 61.9 Å². The number of benzene rings is 1. The minimum Gasteiger partial charge on any atom is -0.365 e. The summed E-state index contributed by atoms with van der Waals surface area (Å²) in [5.74, 6) is 1.50. The van der Waals surface area contributed by atoms with Crippen molar-refractivity contribution in [2.75, 3.05) is 45.9 Å². The second-order valence-corrected chi connectivity index (χ2v) is 8.50. The molecule has 0 radical (unpaired) electrons. The standard InChI is InChI=1S/C22H31N3O3/c26-21-16-28-20(12-23-22(27)19-4-2-1-3-5-19)15-25(21)14-18-8-10-24(11-9-18)13-17-6-7-17/h1-5,17-18,20H,6-16H2,(H,23,27). The summed E-state index contributed by atoms with van der Waals surface area (Å²) in [6.45, 7) is 5.53. The molecule has 3 aliphatic rings. The first-order valence-corrected chi connectivity index (χ1v) is 10.6. The minimum absolute atomic E-state index is 0.0750. The smallest absolute Gasteiger partial charge is 0.251 e. The first-order chi connectivity index (χ1) is 13.7. The predicted octanol–water partition coefficient (Wildman–Crippen LogP) is 1.77. The van der Waals surface area contributed by atoms with Crippen molar-refractivity contribution in [1.29, 1.82) is 0 Å². The molecule has 6 heteroatoms. The quantitative estimate of drug-likeness (QED) is 0.777. The van der Waals surface area contributed by atoms with E-state index in [9.17, 15) is 9.59 Å². The lowest BCUT2D eigenvalue weighted by molar-refractivity contribution is -0.149. The second kappa shape index (κ2) is 9.05. The number of nitrogens with one attached hydrogen (secondary N) is 1. The molecule has 1 atom stereocenters. The van der Waals surface area contributed by atoms with Crippen molar-refractivity contribution >= 4 is 11.8 Å². The van der Waals surface area contributed by atoms with Gasteiger partial charge < -0.3 is 19.9 Å². The molecule has 2 amide bonds. The molecule has 1 aromatic carbocycles. The fraction of sp³-hybridized carbons (Fsp3) is 0.636. The zero-order chi connectivity index (χ0) is 19.3. The van der Waals surface area contributed by atoms with E-state index in [0.717, 1.165) is 25.6 Å². The van der Waals surface area contributed by atoms with E-state index in [-0.39, 0.29) is 24.5 Å². The van der Waals surface area contributed by atoms with E-state index < -0.39 is 0 Å². The van der Waals surface area contributed by atoms with Crippen molar-refractivity contribution in [1.82, 2.24) is 15.1 Å². The maximum absolute atomic E-state index is 12.3. The van der Waals surface area contributed by atoms with Gasteiger partial charge in [-0.2, -0.15) is 0 Å². The van der Waals surface area contributed by atoms with Crippen molar-refractivity contribution in [3.05, 3.63) is 35.9 Å². The average molecular weight is 386 g/mol. The van der Waals surface area contributed by atoms with Gasteiger partial charge in [-0.25, -0.2) is 0 Å². The number of hydrogen-bond donors (Lipinski definition) is 1. The molecule has 6 nitrogen and oxygen atoms in total. The number of likely N-dealkylation sites (tertiary alicyclic amines) is 1. The van der Waals surface area contributed by atoms with E-state index >= 15 is 0 Å². The van der Waals surface area contributed by atoms with Crippen LogP contribution in [0.25, 0.3) is 0 Å². The maximum Gasteiger partial charge on any atom is 0.251 e. The summed E-state index contributed by atoms with van der Waals surface area (Å²) in [5.41, 5.74) is 0.643. The average Bonchev–Trinajstić information content (AvgIpc) is 3.54. The Morgan fingerprint density at radius 2 is 1.75 bits per heavy atom. The monoisotopic (exact) mass is 385 g/mol. The van der Waals surface area contributed by atoms with E-state index in [0.29, 0.717) is 24.6 Å². The molecule has 2 heterocycles. The van der Waals surface area contributed by atoms with Crippen molar-refractivity contribution in [3.8, 4) is 0 Å².